The van der Waals surface area contributed by atoms with E-state index < -0.39 is 6.29 Å². The Morgan fingerprint density at radius 3 is 2.36 bits per heavy atom. The normalized spacial score (nSPS) is 15.0. The van der Waals surface area contributed by atoms with Crippen LogP contribution >= 0.6 is 0 Å². The van der Waals surface area contributed by atoms with Gasteiger partial charge in [0, 0.05) is 6.54 Å². The van der Waals surface area contributed by atoms with E-state index in [0.717, 1.165) is 11.0 Å². The number of aliphatic hydroxyl groups excluding tert-OH is 1. The van der Waals surface area contributed by atoms with E-state index in [-0.39, 0.29) is 6.54 Å². The standard InChI is InChI=1S/C7H19N2O2/c1-9(2,3)4-5-11-7(10)6-8/h7,10H,4-6,8H2,1-3H3/q+1. The lowest BCUT2D eigenvalue weighted by Crippen LogP contribution is -2.39. The van der Waals surface area contributed by atoms with Crippen molar-refractivity contribution in [2.45, 2.75) is 6.29 Å². The zero-order chi connectivity index (χ0) is 8.91. The quantitative estimate of drug-likeness (QED) is 0.403. The molecule has 0 saturated carbocycles. The molecule has 11 heavy (non-hydrogen) atoms. The zero-order valence-electron chi connectivity index (χ0n) is 7.58. The molecule has 0 fully saturated rings. The molecule has 0 aromatic rings. The monoisotopic (exact) mass is 163 g/mol. The van der Waals surface area contributed by atoms with Crippen molar-refractivity contribution in [1.82, 2.24) is 0 Å². The first-order valence-electron chi connectivity index (χ1n) is 3.76. The van der Waals surface area contributed by atoms with Crippen LogP contribution in [-0.2, 0) is 4.74 Å². The van der Waals surface area contributed by atoms with Gasteiger partial charge < -0.3 is 20.1 Å². The summed E-state index contributed by atoms with van der Waals surface area (Å²) in [4.78, 5) is 0. The molecule has 0 rings (SSSR count). The molecule has 1 atom stereocenters. The van der Waals surface area contributed by atoms with Gasteiger partial charge in [0.25, 0.3) is 0 Å². The molecule has 0 heterocycles. The number of quaternary nitrogens is 1. The summed E-state index contributed by atoms with van der Waals surface area (Å²) >= 11 is 0. The van der Waals surface area contributed by atoms with Crippen LogP contribution in [0.25, 0.3) is 0 Å². The molecule has 68 valence electrons. The van der Waals surface area contributed by atoms with Gasteiger partial charge in [-0.3, -0.25) is 0 Å². The molecule has 0 radical (unpaired) electrons. The number of nitrogens with zero attached hydrogens (tertiary/aromatic N) is 1. The van der Waals surface area contributed by atoms with E-state index in [0.29, 0.717) is 6.61 Å². The van der Waals surface area contributed by atoms with Crippen molar-refractivity contribution in [2.75, 3.05) is 40.8 Å². The predicted molar refractivity (Wildman–Crippen MR) is 43.9 cm³/mol. The van der Waals surface area contributed by atoms with E-state index in [4.69, 9.17) is 15.6 Å². The fourth-order valence-electron chi connectivity index (χ4n) is 0.531. The third kappa shape index (κ3) is 7.74. The van der Waals surface area contributed by atoms with Crippen LogP contribution < -0.4 is 5.73 Å². The maximum Gasteiger partial charge on any atom is 0.167 e. The largest absolute Gasteiger partial charge is 0.367 e. The molecule has 4 heteroatoms. The summed E-state index contributed by atoms with van der Waals surface area (Å²) in [5.41, 5.74) is 5.14. The average molecular weight is 163 g/mol. The molecule has 0 aromatic heterocycles. The molecule has 0 aromatic carbocycles. The van der Waals surface area contributed by atoms with E-state index in [1.54, 1.807) is 0 Å². The number of rotatable bonds is 5. The van der Waals surface area contributed by atoms with Crippen molar-refractivity contribution < 1.29 is 14.3 Å². The third-order valence-electron chi connectivity index (χ3n) is 1.27. The van der Waals surface area contributed by atoms with Gasteiger partial charge in [-0.1, -0.05) is 0 Å². The number of hydrogen-bond donors (Lipinski definition) is 2. The molecule has 4 nitrogen and oxygen atoms in total. The summed E-state index contributed by atoms with van der Waals surface area (Å²) in [6.45, 7) is 1.58. The topological polar surface area (TPSA) is 55.5 Å². The minimum atomic E-state index is -0.804. The zero-order valence-corrected chi connectivity index (χ0v) is 7.58. The van der Waals surface area contributed by atoms with Crippen LogP contribution in [-0.4, -0.2) is 56.7 Å². The van der Waals surface area contributed by atoms with E-state index in [9.17, 15) is 0 Å². The van der Waals surface area contributed by atoms with E-state index in [1.165, 1.54) is 0 Å². The van der Waals surface area contributed by atoms with Crippen molar-refractivity contribution in [3.63, 3.8) is 0 Å². The maximum absolute atomic E-state index is 8.90. The Hall–Kier alpha value is -0.160. The SMILES string of the molecule is C[N+](C)(C)CCOC(O)CN. The van der Waals surface area contributed by atoms with Crippen LogP contribution in [0.5, 0.6) is 0 Å². The number of aliphatic hydroxyl groups is 1. The highest BCUT2D eigenvalue weighted by Gasteiger charge is 2.07. The minimum Gasteiger partial charge on any atom is -0.367 e. The highest BCUT2D eigenvalue weighted by atomic mass is 16.6. The number of likely N-dealkylation sites (N-methyl/N-ethyl adjacent to an activating group) is 1. The summed E-state index contributed by atoms with van der Waals surface area (Å²) in [7, 11) is 6.20. The second kappa shape index (κ2) is 4.66. The van der Waals surface area contributed by atoms with Crippen LogP contribution in [0.1, 0.15) is 0 Å². The van der Waals surface area contributed by atoms with Gasteiger partial charge in [-0.25, -0.2) is 0 Å². The molecule has 0 bridgehead atoms. The lowest BCUT2D eigenvalue weighted by atomic mass is 10.5. The first-order chi connectivity index (χ1) is 4.95. The van der Waals surface area contributed by atoms with Gasteiger partial charge in [-0.15, -0.1) is 0 Å². The van der Waals surface area contributed by atoms with Gasteiger partial charge >= 0.3 is 0 Å². The highest BCUT2D eigenvalue weighted by Crippen LogP contribution is 1.91. The molecule has 3 N–H and O–H groups in total. The number of hydrogen-bond acceptors (Lipinski definition) is 3. The van der Waals surface area contributed by atoms with Crippen molar-refractivity contribution in [2.24, 2.45) is 5.73 Å². The van der Waals surface area contributed by atoms with Crippen LogP contribution in [0.4, 0.5) is 0 Å². The second-order valence-electron chi connectivity index (χ2n) is 3.58. The molecule has 0 amide bonds. The van der Waals surface area contributed by atoms with Crippen LogP contribution in [0, 0.1) is 0 Å². The fraction of sp³-hybridized carbons (Fsp3) is 1.00. The second-order valence-corrected chi connectivity index (χ2v) is 3.58. The Morgan fingerprint density at radius 1 is 1.45 bits per heavy atom. The molecule has 0 saturated heterocycles. The maximum atomic E-state index is 8.90. The van der Waals surface area contributed by atoms with Gasteiger partial charge in [0.2, 0.25) is 0 Å². The third-order valence-corrected chi connectivity index (χ3v) is 1.27. The predicted octanol–water partition coefficient (Wildman–Crippen LogP) is -1.01. The summed E-state index contributed by atoms with van der Waals surface area (Å²) in [5, 5.41) is 8.90. The first-order valence-corrected chi connectivity index (χ1v) is 3.76. The van der Waals surface area contributed by atoms with E-state index in [1.807, 2.05) is 0 Å². The summed E-state index contributed by atoms with van der Waals surface area (Å²) in [6.07, 6.45) is -0.804. The van der Waals surface area contributed by atoms with Gasteiger partial charge in [0.1, 0.15) is 6.54 Å². The van der Waals surface area contributed by atoms with Gasteiger partial charge in [0.15, 0.2) is 6.29 Å². The van der Waals surface area contributed by atoms with Crippen molar-refractivity contribution >= 4 is 0 Å². The van der Waals surface area contributed by atoms with E-state index >= 15 is 0 Å². The van der Waals surface area contributed by atoms with Crippen LogP contribution in [0.15, 0.2) is 0 Å². The molecule has 0 aliphatic rings. The highest BCUT2D eigenvalue weighted by molar-refractivity contribution is 4.38. The Balaban J connectivity index is 3.28. The van der Waals surface area contributed by atoms with Gasteiger partial charge in [-0.05, 0) is 0 Å². The molecular formula is C7H19N2O2+. The fourth-order valence-corrected chi connectivity index (χ4v) is 0.531. The lowest BCUT2D eigenvalue weighted by Gasteiger charge is -2.24. The van der Waals surface area contributed by atoms with Crippen molar-refractivity contribution in [1.29, 1.82) is 0 Å². The molecule has 0 aliphatic carbocycles. The molecule has 0 aliphatic heterocycles. The van der Waals surface area contributed by atoms with Crippen molar-refractivity contribution in [3.05, 3.63) is 0 Å². The molecule has 0 spiro atoms. The Labute approximate surface area is 68.1 Å². The lowest BCUT2D eigenvalue weighted by molar-refractivity contribution is -0.871. The number of ether oxygens (including phenoxy) is 1. The van der Waals surface area contributed by atoms with Crippen molar-refractivity contribution in [3.8, 4) is 0 Å². The van der Waals surface area contributed by atoms with Crippen LogP contribution in [0.2, 0.25) is 0 Å². The van der Waals surface area contributed by atoms with Crippen LogP contribution in [0.3, 0.4) is 0 Å². The molecule has 1 unspecified atom stereocenters. The van der Waals surface area contributed by atoms with E-state index in [2.05, 4.69) is 21.1 Å². The average Bonchev–Trinajstić information content (AvgIpc) is 1.85. The smallest absolute Gasteiger partial charge is 0.167 e. The molecular weight excluding hydrogens is 144 g/mol. The Morgan fingerprint density at radius 2 is 2.00 bits per heavy atom. The van der Waals surface area contributed by atoms with Gasteiger partial charge in [0.05, 0.1) is 27.7 Å². The van der Waals surface area contributed by atoms with Gasteiger partial charge in [-0.2, -0.15) is 0 Å². The summed E-state index contributed by atoms with van der Waals surface area (Å²) < 4.78 is 5.81. The summed E-state index contributed by atoms with van der Waals surface area (Å²) in [5.74, 6) is 0. The number of nitrogens with two attached hydrogens (primary N) is 1. The first kappa shape index (κ1) is 10.8. The Bertz CT molecular complexity index is 101. The minimum absolute atomic E-state index is 0.164. The summed E-state index contributed by atoms with van der Waals surface area (Å²) in [6, 6.07) is 0. The Kier molecular flexibility index (Phi) is 4.60.